The van der Waals surface area contributed by atoms with Gasteiger partial charge in [0.25, 0.3) is 0 Å². The summed E-state index contributed by atoms with van der Waals surface area (Å²) in [5.74, 6) is -0.817. The summed E-state index contributed by atoms with van der Waals surface area (Å²) in [6, 6.07) is 0. The van der Waals surface area contributed by atoms with E-state index in [0.29, 0.717) is 0 Å². The lowest BCUT2D eigenvalue weighted by molar-refractivity contribution is -0.147. The van der Waals surface area contributed by atoms with Gasteiger partial charge in [-0.25, -0.2) is 0 Å². The Balaban J connectivity index is 3.51. The van der Waals surface area contributed by atoms with Gasteiger partial charge in [0, 0.05) is 0 Å². The molecule has 0 atom stereocenters. The summed E-state index contributed by atoms with van der Waals surface area (Å²) in [5, 5.41) is 2.30. The number of nitrogens with two attached hydrogens (primary N) is 1. The van der Waals surface area contributed by atoms with Crippen LogP contribution in [-0.4, -0.2) is 31.1 Å². The second-order valence-corrected chi connectivity index (χ2v) is 2.52. The third-order valence-corrected chi connectivity index (χ3v) is 0.982. The van der Waals surface area contributed by atoms with E-state index in [2.05, 4.69) is 5.32 Å². The van der Waals surface area contributed by atoms with Crippen LogP contribution in [0.4, 0.5) is 0 Å². The molecule has 0 bridgehead atoms. The summed E-state index contributed by atoms with van der Waals surface area (Å²) >= 11 is 0. The molecule has 0 unspecified atom stereocenters. The number of rotatable bonds is 4. The van der Waals surface area contributed by atoms with Crippen LogP contribution < -0.4 is 11.1 Å². The van der Waals surface area contributed by atoms with Crippen LogP contribution in [0.15, 0.2) is 0 Å². The highest BCUT2D eigenvalue weighted by Crippen LogP contribution is 1.86. The van der Waals surface area contributed by atoms with Crippen LogP contribution in [-0.2, 0) is 14.3 Å². The summed E-state index contributed by atoms with van der Waals surface area (Å²) in [6.45, 7) is 3.24. The molecule has 0 saturated carbocycles. The van der Waals surface area contributed by atoms with Gasteiger partial charge in [0.05, 0.1) is 12.6 Å². The van der Waals surface area contributed by atoms with E-state index < -0.39 is 5.97 Å². The van der Waals surface area contributed by atoms with Crippen molar-refractivity contribution < 1.29 is 14.3 Å². The van der Waals surface area contributed by atoms with E-state index in [-0.39, 0.29) is 25.1 Å². The molecule has 0 heterocycles. The van der Waals surface area contributed by atoms with Crippen molar-refractivity contribution in [2.45, 2.75) is 20.0 Å². The summed E-state index contributed by atoms with van der Waals surface area (Å²) in [5.41, 5.74) is 5.00. The molecule has 0 aromatic rings. The molecule has 0 aliphatic carbocycles. The van der Waals surface area contributed by atoms with E-state index >= 15 is 0 Å². The zero-order valence-corrected chi connectivity index (χ0v) is 7.29. The van der Waals surface area contributed by atoms with E-state index in [9.17, 15) is 9.59 Å². The van der Waals surface area contributed by atoms with Crippen LogP contribution in [0.3, 0.4) is 0 Å². The molecule has 0 aromatic heterocycles. The smallest absolute Gasteiger partial charge is 0.325 e. The van der Waals surface area contributed by atoms with Crippen LogP contribution in [0, 0.1) is 0 Å². The summed E-state index contributed by atoms with van der Waals surface area (Å²) in [4.78, 5) is 21.4. The minimum absolute atomic E-state index is 0.116. The molecule has 0 rings (SSSR count). The summed E-state index contributed by atoms with van der Waals surface area (Å²) in [6.07, 6.45) is -0.160. The topological polar surface area (TPSA) is 81.4 Å². The van der Waals surface area contributed by atoms with Gasteiger partial charge in [0.2, 0.25) is 5.91 Å². The predicted molar refractivity (Wildman–Crippen MR) is 43.3 cm³/mol. The highest BCUT2D eigenvalue weighted by atomic mass is 16.5. The summed E-state index contributed by atoms with van der Waals surface area (Å²) < 4.78 is 4.75. The minimum atomic E-state index is -0.452. The van der Waals surface area contributed by atoms with Crippen molar-refractivity contribution in [3.63, 3.8) is 0 Å². The van der Waals surface area contributed by atoms with Gasteiger partial charge in [-0.05, 0) is 13.8 Å². The van der Waals surface area contributed by atoms with Crippen molar-refractivity contribution in [3.8, 4) is 0 Å². The maximum absolute atomic E-state index is 10.8. The van der Waals surface area contributed by atoms with Crippen LogP contribution in [0.1, 0.15) is 13.8 Å². The largest absolute Gasteiger partial charge is 0.462 e. The van der Waals surface area contributed by atoms with E-state index in [0.717, 1.165) is 0 Å². The monoisotopic (exact) mass is 174 g/mol. The van der Waals surface area contributed by atoms with Gasteiger partial charge in [-0.15, -0.1) is 0 Å². The second-order valence-electron chi connectivity index (χ2n) is 2.52. The summed E-state index contributed by atoms with van der Waals surface area (Å²) in [7, 11) is 0. The van der Waals surface area contributed by atoms with Crippen LogP contribution in [0.2, 0.25) is 0 Å². The molecule has 1 amide bonds. The maximum Gasteiger partial charge on any atom is 0.325 e. The van der Waals surface area contributed by atoms with Gasteiger partial charge in [-0.1, -0.05) is 0 Å². The molecular formula is C7H14N2O3. The first kappa shape index (κ1) is 10.9. The molecule has 0 radical (unpaired) electrons. The van der Waals surface area contributed by atoms with Gasteiger partial charge in [0.1, 0.15) is 6.54 Å². The van der Waals surface area contributed by atoms with E-state index in [4.69, 9.17) is 10.5 Å². The normalized spacial score (nSPS) is 9.67. The highest BCUT2D eigenvalue weighted by Gasteiger charge is 2.06. The highest BCUT2D eigenvalue weighted by molar-refractivity contribution is 5.82. The quantitative estimate of drug-likeness (QED) is 0.536. The van der Waals surface area contributed by atoms with Crippen LogP contribution in [0.25, 0.3) is 0 Å². The average Bonchev–Trinajstić information content (AvgIpc) is 1.99. The zero-order chi connectivity index (χ0) is 9.56. The molecule has 0 aromatic carbocycles. The molecule has 3 N–H and O–H groups in total. The van der Waals surface area contributed by atoms with Crippen molar-refractivity contribution in [2.24, 2.45) is 5.73 Å². The fourth-order valence-corrected chi connectivity index (χ4v) is 0.547. The third-order valence-electron chi connectivity index (χ3n) is 0.982. The van der Waals surface area contributed by atoms with E-state index in [1.54, 1.807) is 13.8 Å². The van der Waals surface area contributed by atoms with Gasteiger partial charge < -0.3 is 15.8 Å². The van der Waals surface area contributed by atoms with Crippen molar-refractivity contribution in [3.05, 3.63) is 0 Å². The van der Waals surface area contributed by atoms with Gasteiger partial charge >= 0.3 is 5.97 Å². The Morgan fingerprint density at radius 1 is 1.50 bits per heavy atom. The number of hydrogen-bond donors (Lipinski definition) is 2. The molecule has 0 spiro atoms. The van der Waals surface area contributed by atoms with Crippen LogP contribution in [0.5, 0.6) is 0 Å². The van der Waals surface area contributed by atoms with E-state index in [1.807, 2.05) is 0 Å². The second kappa shape index (κ2) is 5.54. The first-order valence-corrected chi connectivity index (χ1v) is 3.72. The lowest BCUT2D eigenvalue weighted by Crippen LogP contribution is -2.35. The Bertz CT molecular complexity index is 168. The Labute approximate surface area is 71.3 Å². The number of esters is 1. The SMILES string of the molecule is CC(C)OC(=O)CNC(=O)CN. The molecule has 0 aliphatic rings. The Morgan fingerprint density at radius 2 is 2.08 bits per heavy atom. The first-order valence-electron chi connectivity index (χ1n) is 3.72. The zero-order valence-electron chi connectivity index (χ0n) is 7.29. The molecule has 70 valence electrons. The number of carbonyl (C=O) groups is 2. The molecule has 0 saturated heterocycles. The minimum Gasteiger partial charge on any atom is -0.462 e. The third kappa shape index (κ3) is 5.67. The molecule has 5 nitrogen and oxygen atoms in total. The predicted octanol–water partition coefficient (Wildman–Crippen LogP) is -0.987. The fourth-order valence-electron chi connectivity index (χ4n) is 0.547. The number of amides is 1. The Kier molecular flexibility index (Phi) is 5.03. The number of nitrogens with one attached hydrogen (secondary N) is 1. The molecule has 5 heteroatoms. The number of ether oxygens (including phenoxy) is 1. The number of hydrogen-bond acceptors (Lipinski definition) is 4. The lowest BCUT2D eigenvalue weighted by Gasteiger charge is -2.07. The first-order chi connectivity index (χ1) is 5.56. The van der Waals surface area contributed by atoms with Crippen molar-refractivity contribution in [2.75, 3.05) is 13.1 Å². The van der Waals surface area contributed by atoms with E-state index in [1.165, 1.54) is 0 Å². The van der Waals surface area contributed by atoms with Crippen molar-refractivity contribution >= 4 is 11.9 Å². The average molecular weight is 174 g/mol. The van der Waals surface area contributed by atoms with Crippen LogP contribution >= 0.6 is 0 Å². The Morgan fingerprint density at radius 3 is 2.50 bits per heavy atom. The Hall–Kier alpha value is -1.10. The molecular weight excluding hydrogens is 160 g/mol. The van der Waals surface area contributed by atoms with Gasteiger partial charge in [0.15, 0.2) is 0 Å². The van der Waals surface area contributed by atoms with Crippen molar-refractivity contribution in [1.29, 1.82) is 0 Å². The van der Waals surface area contributed by atoms with Gasteiger partial charge in [-0.3, -0.25) is 9.59 Å². The fraction of sp³-hybridized carbons (Fsp3) is 0.714. The molecule has 12 heavy (non-hydrogen) atoms. The number of carbonyl (C=O) groups excluding carboxylic acids is 2. The molecule has 0 fully saturated rings. The van der Waals surface area contributed by atoms with Crippen molar-refractivity contribution in [1.82, 2.24) is 5.32 Å². The lowest BCUT2D eigenvalue weighted by atomic mass is 10.5. The van der Waals surface area contributed by atoms with Gasteiger partial charge in [-0.2, -0.15) is 0 Å². The maximum atomic E-state index is 10.8. The standard InChI is InChI=1S/C7H14N2O3/c1-5(2)12-7(11)4-9-6(10)3-8/h5H,3-4,8H2,1-2H3,(H,9,10). The molecule has 0 aliphatic heterocycles.